The Kier molecular flexibility index (Phi) is 4.13. The van der Waals surface area contributed by atoms with Gasteiger partial charge in [-0.05, 0) is 18.1 Å². The molecule has 0 aliphatic rings. The third-order valence-corrected chi connectivity index (χ3v) is 1.81. The van der Waals surface area contributed by atoms with E-state index in [4.69, 9.17) is 9.84 Å². The molecule has 0 unspecified atom stereocenters. The largest absolute Gasteiger partial charge is 0.473 e. The van der Waals surface area contributed by atoms with Crippen LogP contribution in [0.5, 0.6) is 5.88 Å². The molecule has 1 N–H and O–H groups in total. The Balaban J connectivity index is 2.86. The predicted molar refractivity (Wildman–Crippen MR) is 55.2 cm³/mol. The van der Waals surface area contributed by atoms with Crippen LogP contribution in [0.15, 0.2) is 24.8 Å². The van der Waals surface area contributed by atoms with Gasteiger partial charge in [0.2, 0.25) is 5.88 Å². The van der Waals surface area contributed by atoms with Crippen molar-refractivity contribution in [1.29, 1.82) is 0 Å². The number of aliphatic hydroxyl groups is 1. The van der Waals surface area contributed by atoms with Gasteiger partial charge in [-0.25, -0.2) is 4.98 Å². The van der Waals surface area contributed by atoms with Crippen molar-refractivity contribution in [1.82, 2.24) is 4.98 Å². The minimum atomic E-state index is 0.0139. The van der Waals surface area contributed by atoms with Gasteiger partial charge >= 0.3 is 0 Å². The van der Waals surface area contributed by atoms with E-state index in [-0.39, 0.29) is 6.61 Å². The summed E-state index contributed by atoms with van der Waals surface area (Å²) in [6, 6.07) is 3.61. The summed E-state index contributed by atoms with van der Waals surface area (Å²) in [5, 5.41) is 9.00. The highest BCUT2D eigenvalue weighted by molar-refractivity contribution is 5.24. The lowest BCUT2D eigenvalue weighted by Gasteiger charge is -2.06. The van der Waals surface area contributed by atoms with E-state index in [0.717, 1.165) is 17.7 Å². The van der Waals surface area contributed by atoms with E-state index in [2.05, 4.69) is 11.6 Å². The topological polar surface area (TPSA) is 42.4 Å². The van der Waals surface area contributed by atoms with E-state index in [9.17, 15) is 0 Å². The molecule has 0 aliphatic carbocycles. The lowest BCUT2D eigenvalue weighted by atomic mass is 10.2. The van der Waals surface area contributed by atoms with Crippen LogP contribution in [0.1, 0.15) is 18.2 Å². The minimum Gasteiger partial charge on any atom is -0.473 e. The molecule has 0 saturated carbocycles. The molecule has 0 atom stereocenters. The van der Waals surface area contributed by atoms with Gasteiger partial charge in [-0.2, -0.15) is 0 Å². The number of nitrogens with zero attached hydrogens (tertiary/aromatic N) is 1. The van der Waals surface area contributed by atoms with Crippen LogP contribution in [0.3, 0.4) is 0 Å². The van der Waals surface area contributed by atoms with Crippen molar-refractivity contribution >= 4 is 0 Å². The normalized spacial score (nSPS) is 9.86. The third-order valence-electron chi connectivity index (χ3n) is 1.81. The van der Waals surface area contributed by atoms with Crippen molar-refractivity contribution in [3.8, 4) is 5.88 Å². The van der Waals surface area contributed by atoms with Crippen molar-refractivity contribution in [2.45, 2.75) is 20.0 Å². The van der Waals surface area contributed by atoms with Gasteiger partial charge in [-0.3, -0.25) is 0 Å². The Morgan fingerprint density at radius 3 is 2.93 bits per heavy atom. The molecule has 1 aromatic heterocycles. The number of hydrogen-bond acceptors (Lipinski definition) is 3. The highest BCUT2D eigenvalue weighted by Gasteiger charge is 2.01. The monoisotopic (exact) mass is 193 g/mol. The quantitative estimate of drug-likeness (QED) is 0.724. The molecular weight excluding hydrogens is 178 g/mol. The average Bonchev–Trinajstić information content (AvgIpc) is 2.25. The Morgan fingerprint density at radius 2 is 2.36 bits per heavy atom. The lowest BCUT2D eigenvalue weighted by Crippen LogP contribution is -1.99. The van der Waals surface area contributed by atoms with Crippen LogP contribution >= 0.6 is 0 Å². The molecule has 1 rings (SSSR count). The fourth-order valence-corrected chi connectivity index (χ4v) is 1.11. The smallest absolute Gasteiger partial charge is 0.214 e. The molecule has 1 aromatic rings. The molecule has 76 valence electrons. The SMILES string of the molecule is C=CCOc1cc(CO)cc(CC)n1. The predicted octanol–water partition coefficient (Wildman–Crippen LogP) is 1.70. The molecule has 0 radical (unpaired) electrons. The summed E-state index contributed by atoms with van der Waals surface area (Å²) < 4.78 is 5.30. The molecule has 0 aliphatic heterocycles. The zero-order chi connectivity index (χ0) is 10.4. The second-order valence-corrected chi connectivity index (χ2v) is 2.92. The summed E-state index contributed by atoms with van der Waals surface area (Å²) >= 11 is 0. The first-order valence-electron chi connectivity index (χ1n) is 4.64. The van der Waals surface area contributed by atoms with Crippen molar-refractivity contribution in [3.63, 3.8) is 0 Å². The van der Waals surface area contributed by atoms with Crippen LogP contribution in [0.25, 0.3) is 0 Å². The fourth-order valence-electron chi connectivity index (χ4n) is 1.11. The van der Waals surface area contributed by atoms with Crippen LogP contribution < -0.4 is 4.74 Å². The zero-order valence-electron chi connectivity index (χ0n) is 8.36. The first kappa shape index (κ1) is 10.7. The van der Waals surface area contributed by atoms with Crippen LogP contribution in [0.2, 0.25) is 0 Å². The maximum absolute atomic E-state index is 9.00. The molecule has 0 spiro atoms. The van der Waals surface area contributed by atoms with Crippen molar-refractivity contribution < 1.29 is 9.84 Å². The van der Waals surface area contributed by atoms with Gasteiger partial charge in [0.05, 0.1) is 6.61 Å². The van der Waals surface area contributed by atoms with Gasteiger partial charge in [0.25, 0.3) is 0 Å². The Bertz CT molecular complexity index is 288. The molecule has 3 nitrogen and oxygen atoms in total. The number of rotatable bonds is 5. The van der Waals surface area contributed by atoms with E-state index in [1.54, 1.807) is 12.1 Å². The second-order valence-electron chi connectivity index (χ2n) is 2.92. The van der Waals surface area contributed by atoms with Crippen LogP contribution in [0.4, 0.5) is 0 Å². The number of hydrogen-bond donors (Lipinski definition) is 1. The summed E-state index contributed by atoms with van der Waals surface area (Å²) in [5.74, 6) is 0.549. The van der Waals surface area contributed by atoms with Crippen LogP contribution in [0, 0.1) is 0 Å². The summed E-state index contributed by atoms with van der Waals surface area (Å²) in [6.07, 6.45) is 2.50. The van der Waals surface area contributed by atoms with E-state index in [0.29, 0.717) is 12.5 Å². The molecule has 0 fully saturated rings. The summed E-state index contributed by atoms with van der Waals surface area (Å²) in [7, 11) is 0. The number of aryl methyl sites for hydroxylation is 1. The van der Waals surface area contributed by atoms with Crippen molar-refractivity contribution in [2.75, 3.05) is 6.61 Å². The molecule has 0 aromatic carbocycles. The third kappa shape index (κ3) is 2.85. The molecule has 0 saturated heterocycles. The summed E-state index contributed by atoms with van der Waals surface area (Å²) in [5.41, 5.74) is 1.76. The number of pyridine rings is 1. The van der Waals surface area contributed by atoms with Crippen LogP contribution in [-0.4, -0.2) is 16.7 Å². The first-order valence-corrected chi connectivity index (χ1v) is 4.64. The van der Waals surface area contributed by atoms with E-state index in [1.165, 1.54) is 0 Å². The number of aromatic nitrogens is 1. The summed E-state index contributed by atoms with van der Waals surface area (Å²) in [4.78, 5) is 4.26. The first-order chi connectivity index (χ1) is 6.80. The van der Waals surface area contributed by atoms with E-state index < -0.39 is 0 Å². The highest BCUT2D eigenvalue weighted by Crippen LogP contribution is 2.13. The Labute approximate surface area is 84.1 Å². The lowest BCUT2D eigenvalue weighted by molar-refractivity contribution is 0.279. The minimum absolute atomic E-state index is 0.0139. The van der Waals surface area contributed by atoms with Gasteiger partial charge in [-0.1, -0.05) is 19.6 Å². The number of ether oxygens (including phenoxy) is 1. The molecule has 3 heteroatoms. The Hall–Kier alpha value is -1.35. The maximum atomic E-state index is 9.00. The van der Waals surface area contributed by atoms with Crippen molar-refractivity contribution in [2.24, 2.45) is 0 Å². The zero-order valence-corrected chi connectivity index (χ0v) is 8.36. The molecule has 14 heavy (non-hydrogen) atoms. The second kappa shape index (κ2) is 5.40. The van der Waals surface area contributed by atoms with Gasteiger partial charge in [0.15, 0.2) is 0 Å². The van der Waals surface area contributed by atoms with E-state index in [1.807, 2.05) is 13.0 Å². The molecule has 1 heterocycles. The molecule has 0 bridgehead atoms. The van der Waals surface area contributed by atoms with Gasteiger partial charge < -0.3 is 9.84 Å². The van der Waals surface area contributed by atoms with Crippen molar-refractivity contribution in [3.05, 3.63) is 36.0 Å². The van der Waals surface area contributed by atoms with Gasteiger partial charge in [0.1, 0.15) is 6.61 Å². The number of aliphatic hydroxyl groups excluding tert-OH is 1. The van der Waals surface area contributed by atoms with Crippen LogP contribution in [-0.2, 0) is 13.0 Å². The molecule has 0 amide bonds. The molecular formula is C11H15NO2. The fraction of sp³-hybridized carbons (Fsp3) is 0.364. The Morgan fingerprint density at radius 1 is 1.57 bits per heavy atom. The summed E-state index contributed by atoms with van der Waals surface area (Å²) in [6.45, 7) is 6.02. The van der Waals surface area contributed by atoms with Gasteiger partial charge in [0, 0.05) is 11.8 Å². The van der Waals surface area contributed by atoms with Gasteiger partial charge in [-0.15, -0.1) is 0 Å². The maximum Gasteiger partial charge on any atom is 0.214 e. The highest BCUT2D eigenvalue weighted by atomic mass is 16.5. The average molecular weight is 193 g/mol. The standard InChI is InChI=1S/C11H15NO2/c1-3-5-14-11-7-9(8-13)6-10(4-2)12-11/h3,6-7,13H,1,4-5,8H2,2H3. The van der Waals surface area contributed by atoms with E-state index >= 15 is 0 Å².